The molecule has 1 saturated heterocycles. The van der Waals surface area contributed by atoms with Gasteiger partial charge in [0.05, 0.1) is 6.42 Å². The Morgan fingerprint density at radius 3 is 2.67 bits per heavy atom. The Hall–Kier alpha value is -0.610. The van der Waals surface area contributed by atoms with Gasteiger partial charge in [-0.1, -0.05) is 0 Å². The molecule has 1 aliphatic heterocycles. The molecule has 1 heterocycles. The van der Waals surface area contributed by atoms with E-state index in [2.05, 4.69) is 10.9 Å². The average Bonchev–Trinajstić information content (AvgIpc) is 2.14. The molecule has 0 bridgehead atoms. The zero-order chi connectivity index (χ0) is 6.85. The second-order valence-corrected chi connectivity index (χ2v) is 2.13. The van der Waals surface area contributed by atoms with Crippen molar-refractivity contribution in [2.45, 2.75) is 12.5 Å². The summed E-state index contributed by atoms with van der Waals surface area (Å²) in [4.78, 5) is 20.7. The number of hydrazine groups is 1. The number of hydrogen-bond acceptors (Lipinski definition) is 3. The molecule has 2 N–H and O–H groups in total. The lowest BCUT2D eigenvalue weighted by atomic mass is 10.3. The van der Waals surface area contributed by atoms with E-state index < -0.39 is 11.3 Å². The van der Waals surface area contributed by atoms with Gasteiger partial charge in [0.1, 0.15) is 6.04 Å². The summed E-state index contributed by atoms with van der Waals surface area (Å²) < 4.78 is 0. The Morgan fingerprint density at radius 2 is 2.44 bits per heavy atom. The largest absolute Gasteiger partial charge is 0.291 e. The van der Waals surface area contributed by atoms with E-state index in [1.54, 1.807) is 0 Å². The highest BCUT2D eigenvalue weighted by Gasteiger charge is 2.25. The summed E-state index contributed by atoms with van der Waals surface area (Å²) in [6.07, 6.45) is 0.141. The maximum atomic E-state index is 10.4. The molecule has 1 amide bonds. The lowest BCUT2D eigenvalue weighted by Gasteiger charge is -1.97. The summed E-state index contributed by atoms with van der Waals surface area (Å²) >= 11 is 5.06. The molecule has 4 nitrogen and oxygen atoms in total. The number of amides is 1. The van der Waals surface area contributed by atoms with Crippen molar-refractivity contribution >= 4 is 22.8 Å². The van der Waals surface area contributed by atoms with Gasteiger partial charge in [0.25, 0.3) is 0 Å². The van der Waals surface area contributed by atoms with Crippen LogP contribution in [0.1, 0.15) is 6.42 Å². The van der Waals surface area contributed by atoms with Crippen LogP contribution in [0.4, 0.5) is 0 Å². The lowest BCUT2D eigenvalue weighted by Crippen LogP contribution is -2.34. The maximum absolute atomic E-state index is 10.4. The smallest absolute Gasteiger partial charge is 0.240 e. The van der Waals surface area contributed by atoms with Gasteiger partial charge in [-0.15, -0.1) is 0 Å². The summed E-state index contributed by atoms with van der Waals surface area (Å²) in [5, 5.41) is -0.534. The Morgan fingerprint density at radius 1 is 1.78 bits per heavy atom. The van der Waals surface area contributed by atoms with Crippen LogP contribution >= 0.6 is 11.6 Å². The monoisotopic (exact) mass is 148 g/mol. The number of halogens is 1. The van der Waals surface area contributed by atoms with Gasteiger partial charge in [-0.3, -0.25) is 15.0 Å². The van der Waals surface area contributed by atoms with E-state index in [9.17, 15) is 9.59 Å². The van der Waals surface area contributed by atoms with Gasteiger partial charge in [-0.2, -0.15) is 0 Å². The highest BCUT2D eigenvalue weighted by molar-refractivity contribution is 6.65. The van der Waals surface area contributed by atoms with Crippen molar-refractivity contribution in [2.75, 3.05) is 0 Å². The van der Waals surface area contributed by atoms with Crippen molar-refractivity contribution in [2.24, 2.45) is 0 Å². The second kappa shape index (κ2) is 2.33. The average molecular weight is 149 g/mol. The molecule has 1 rings (SSSR count). The lowest BCUT2D eigenvalue weighted by molar-refractivity contribution is -0.120. The van der Waals surface area contributed by atoms with Crippen LogP contribution in [0.3, 0.4) is 0 Å². The molecule has 1 aliphatic rings. The summed E-state index contributed by atoms with van der Waals surface area (Å²) in [6.45, 7) is 0. The number of rotatable bonds is 1. The van der Waals surface area contributed by atoms with Gasteiger partial charge in [0.2, 0.25) is 11.1 Å². The van der Waals surface area contributed by atoms with Crippen LogP contribution < -0.4 is 10.9 Å². The number of carbonyl (C=O) groups is 2. The highest BCUT2D eigenvalue weighted by atomic mass is 35.5. The molecule has 50 valence electrons. The fourth-order valence-electron chi connectivity index (χ4n) is 0.592. The van der Waals surface area contributed by atoms with Gasteiger partial charge < -0.3 is 0 Å². The third-order valence-electron chi connectivity index (χ3n) is 1.05. The molecule has 0 saturated carbocycles. The normalized spacial score (nSPS) is 25.9. The molecule has 0 aromatic rings. The van der Waals surface area contributed by atoms with Crippen LogP contribution in [0.2, 0.25) is 0 Å². The van der Waals surface area contributed by atoms with Gasteiger partial charge in [-0.05, 0) is 11.6 Å². The predicted molar refractivity (Wildman–Crippen MR) is 30.5 cm³/mol. The van der Waals surface area contributed by atoms with Gasteiger partial charge >= 0.3 is 0 Å². The first-order valence-electron chi connectivity index (χ1n) is 2.44. The molecule has 0 aliphatic carbocycles. The maximum Gasteiger partial charge on any atom is 0.240 e. The zero-order valence-corrected chi connectivity index (χ0v) is 5.23. The minimum Gasteiger partial charge on any atom is -0.291 e. The van der Waals surface area contributed by atoms with Crippen LogP contribution in [-0.4, -0.2) is 17.2 Å². The molecule has 0 unspecified atom stereocenters. The number of hydrogen-bond donors (Lipinski definition) is 2. The SMILES string of the molecule is O=C1C[C@@H](C(=O)Cl)NN1. The third kappa shape index (κ3) is 1.40. The molecule has 0 aromatic heterocycles. The Bertz CT molecular complexity index is 159. The van der Waals surface area contributed by atoms with E-state index in [1.165, 1.54) is 0 Å². The fraction of sp³-hybridized carbons (Fsp3) is 0.500. The van der Waals surface area contributed by atoms with Gasteiger partial charge in [-0.25, -0.2) is 5.43 Å². The molecule has 1 fully saturated rings. The van der Waals surface area contributed by atoms with Crippen molar-refractivity contribution in [1.29, 1.82) is 0 Å². The topological polar surface area (TPSA) is 58.2 Å². The van der Waals surface area contributed by atoms with Crippen molar-refractivity contribution in [3.05, 3.63) is 0 Å². The van der Waals surface area contributed by atoms with E-state index in [1.807, 2.05) is 0 Å². The molecule has 9 heavy (non-hydrogen) atoms. The van der Waals surface area contributed by atoms with Crippen LogP contribution in [0.15, 0.2) is 0 Å². The zero-order valence-electron chi connectivity index (χ0n) is 4.48. The second-order valence-electron chi connectivity index (χ2n) is 1.75. The number of nitrogens with one attached hydrogen (secondary N) is 2. The van der Waals surface area contributed by atoms with Crippen molar-refractivity contribution in [3.63, 3.8) is 0 Å². The standard InChI is InChI=1S/C4H5ClN2O2/c5-4(9)2-1-3(8)7-6-2/h2,6H,1H2,(H,7,8)/t2-/m0/s1. The predicted octanol–water partition coefficient (Wildman–Crippen LogP) is -0.855. The van der Waals surface area contributed by atoms with Crippen LogP contribution in [0.5, 0.6) is 0 Å². The van der Waals surface area contributed by atoms with E-state index >= 15 is 0 Å². The molecular weight excluding hydrogens is 144 g/mol. The Kier molecular flexibility index (Phi) is 1.68. The molecule has 0 spiro atoms. The highest BCUT2D eigenvalue weighted by Crippen LogP contribution is 2.00. The van der Waals surface area contributed by atoms with E-state index in [-0.39, 0.29) is 12.3 Å². The van der Waals surface area contributed by atoms with Crippen molar-refractivity contribution in [3.8, 4) is 0 Å². The molecular formula is C4H5ClN2O2. The van der Waals surface area contributed by atoms with Crippen LogP contribution in [-0.2, 0) is 9.59 Å². The van der Waals surface area contributed by atoms with E-state index in [0.717, 1.165) is 0 Å². The minimum atomic E-state index is -0.542. The Labute approximate surface area is 56.5 Å². The fourth-order valence-corrected chi connectivity index (χ4v) is 0.724. The molecule has 1 atom stereocenters. The minimum absolute atomic E-state index is 0.141. The molecule has 5 heteroatoms. The first kappa shape index (κ1) is 6.51. The summed E-state index contributed by atoms with van der Waals surface area (Å²) in [5.74, 6) is -0.200. The summed E-state index contributed by atoms with van der Waals surface area (Å²) in [7, 11) is 0. The first-order chi connectivity index (χ1) is 4.20. The number of carbonyl (C=O) groups excluding carboxylic acids is 2. The van der Waals surface area contributed by atoms with Crippen LogP contribution in [0, 0.1) is 0 Å². The molecule has 0 aromatic carbocycles. The van der Waals surface area contributed by atoms with E-state index in [0.29, 0.717) is 0 Å². The Balaban J connectivity index is 2.48. The van der Waals surface area contributed by atoms with Gasteiger partial charge in [0, 0.05) is 0 Å². The van der Waals surface area contributed by atoms with Crippen molar-refractivity contribution in [1.82, 2.24) is 10.9 Å². The third-order valence-corrected chi connectivity index (χ3v) is 1.31. The summed E-state index contributed by atoms with van der Waals surface area (Å²) in [6, 6.07) is -0.542. The van der Waals surface area contributed by atoms with Gasteiger partial charge in [0.15, 0.2) is 0 Å². The first-order valence-corrected chi connectivity index (χ1v) is 2.81. The summed E-state index contributed by atoms with van der Waals surface area (Å²) in [5.41, 5.74) is 4.68. The van der Waals surface area contributed by atoms with E-state index in [4.69, 9.17) is 11.6 Å². The molecule has 0 radical (unpaired) electrons. The quantitative estimate of drug-likeness (QED) is 0.476. The van der Waals surface area contributed by atoms with Crippen LogP contribution in [0.25, 0.3) is 0 Å². The van der Waals surface area contributed by atoms with Crippen molar-refractivity contribution < 1.29 is 9.59 Å².